The summed E-state index contributed by atoms with van der Waals surface area (Å²) in [5.74, 6) is 1.43. The number of para-hydroxylation sites is 1. The van der Waals surface area contributed by atoms with Gasteiger partial charge in [-0.1, -0.05) is 30.7 Å². The molecule has 0 saturated carbocycles. The van der Waals surface area contributed by atoms with Crippen molar-refractivity contribution in [3.05, 3.63) is 41.7 Å². The van der Waals surface area contributed by atoms with Gasteiger partial charge >= 0.3 is 0 Å². The predicted molar refractivity (Wildman–Crippen MR) is 75.5 cm³/mol. The van der Waals surface area contributed by atoms with Gasteiger partial charge in [0, 0.05) is 6.54 Å². The van der Waals surface area contributed by atoms with Crippen LogP contribution in [0.25, 0.3) is 0 Å². The van der Waals surface area contributed by atoms with Crippen LogP contribution in [0.1, 0.15) is 13.3 Å². The lowest BCUT2D eigenvalue weighted by atomic mass is 10.3. The molecule has 1 heterocycles. The number of anilines is 3. The first-order valence-electron chi connectivity index (χ1n) is 5.87. The second kappa shape index (κ2) is 6.21. The van der Waals surface area contributed by atoms with Crippen molar-refractivity contribution < 1.29 is 0 Å². The molecule has 0 fully saturated rings. The van der Waals surface area contributed by atoms with Crippen LogP contribution in [0.5, 0.6) is 0 Å². The third-order valence-corrected chi connectivity index (χ3v) is 2.66. The Morgan fingerprint density at radius 3 is 2.72 bits per heavy atom. The van der Waals surface area contributed by atoms with Gasteiger partial charge in [0.25, 0.3) is 0 Å². The van der Waals surface area contributed by atoms with Crippen molar-refractivity contribution in [2.75, 3.05) is 17.2 Å². The summed E-state index contributed by atoms with van der Waals surface area (Å²) in [6, 6.07) is 7.53. The molecule has 94 valence electrons. The number of rotatable bonds is 5. The Kier molecular flexibility index (Phi) is 4.36. The minimum Gasteiger partial charge on any atom is -0.369 e. The molecule has 0 aliphatic carbocycles. The Hall–Kier alpha value is -1.81. The Morgan fingerprint density at radius 1 is 1.17 bits per heavy atom. The van der Waals surface area contributed by atoms with Gasteiger partial charge in [-0.3, -0.25) is 4.98 Å². The zero-order chi connectivity index (χ0) is 12.8. The van der Waals surface area contributed by atoms with E-state index in [1.165, 1.54) is 0 Å². The highest BCUT2D eigenvalue weighted by Gasteiger charge is 2.01. The maximum Gasteiger partial charge on any atom is 0.151 e. The van der Waals surface area contributed by atoms with Gasteiger partial charge in [-0.25, -0.2) is 4.98 Å². The van der Waals surface area contributed by atoms with Crippen LogP contribution in [-0.4, -0.2) is 16.5 Å². The van der Waals surface area contributed by atoms with Crippen LogP contribution < -0.4 is 10.6 Å². The van der Waals surface area contributed by atoms with E-state index < -0.39 is 0 Å². The third-order valence-electron chi connectivity index (χ3n) is 2.33. The van der Waals surface area contributed by atoms with Gasteiger partial charge in [0.15, 0.2) is 5.82 Å². The van der Waals surface area contributed by atoms with E-state index in [4.69, 9.17) is 11.6 Å². The molecule has 0 aliphatic rings. The summed E-state index contributed by atoms with van der Waals surface area (Å²) < 4.78 is 0. The number of benzene rings is 1. The van der Waals surface area contributed by atoms with Gasteiger partial charge in [0.1, 0.15) is 5.82 Å². The van der Waals surface area contributed by atoms with E-state index in [1.807, 2.05) is 24.3 Å². The second-order valence-electron chi connectivity index (χ2n) is 3.82. The molecule has 1 aromatic carbocycles. The summed E-state index contributed by atoms with van der Waals surface area (Å²) >= 11 is 6.07. The van der Waals surface area contributed by atoms with Gasteiger partial charge in [0.05, 0.1) is 23.1 Å². The first-order chi connectivity index (χ1) is 8.79. The maximum atomic E-state index is 6.07. The molecule has 18 heavy (non-hydrogen) atoms. The monoisotopic (exact) mass is 262 g/mol. The Balaban J connectivity index is 2.12. The predicted octanol–water partition coefficient (Wildman–Crippen LogP) is 3.70. The van der Waals surface area contributed by atoms with Crippen molar-refractivity contribution in [2.24, 2.45) is 0 Å². The van der Waals surface area contributed by atoms with E-state index in [-0.39, 0.29) is 0 Å². The number of hydrogen-bond donors (Lipinski definition) is 2. The van der Waals surface area contributed by atoms with Crippen molar-refractivity contribution in [3.63, 3.8) is 0 Å². The van der Waals surface area contributed by atoms with Crippen molar-refractivity contribution in [1.29, 1.82) is 0 Å². The normalized spacial score (nSPS) is 10.1. The highest BCUT2D eigenvalue weighted by Crippen LogP contribution is 2.23. The fourth-order valence-electron chi connectivity index (χ4n) is 1.46. The smallest absolute Gasteiger partial charge is 0.151 e. The maximum absolute atomic E-state index is 6.07. The third kappa shape index (κ3) is 3.34. The molecule has 2 rings (SSSR count). The van der Waals surface area contributed by atoms with Crippen LogP contribution in [0, 0.1) is 0 Å². The van der Waals surface area contributed by atoms with Gasteiger partial charge < -0.3 is 10.6 Å². The summed E-state index contributed by atoms with van der Waals surface area (Å²) in [5, 5.41) is 6.99. The topological polar surface area (TPSA) is 49.8 Å². The van der Waals surface area contributed by atoms with E-state index in [9.17, 15) is 0 Å². The Morgan fingerprint density at radius 2 is 1.94 bits per heavy atom. The molecule has 2 N–H and O–H groups in total. The molecule has 0 amide bonds. The molecule has 0 saturated heterocycles. The molecular formula is C13H15ClN4. The summed E-state index contributed by atoms with van der Waals surface area (Å²) in [7, 11) is 0. The van der Waals surface area contributed by atoms with Crippen molar-refractivity contribution >= 4 is 28.9 Å². The van der Waals surface area contributed by atoms with E-state index in [2.05, 4.69) is 27.5 Å². The number of nitrogens with one attached hydrogen (secondary N) is 2. The minimum absolute atomic E-state index is 0.659. The number of halogens is 1. The first-order valence-corrected chi connectivity index (χ1v) is 6.25. The molecule has 0 unspecified atom stereocenters. The van der Waals surface area contributed by atoms with Crippen LogP contribution in [0.4, 0.5) is 17.3 Å². The summed E-state index contributed by atoms with van der Waals surface area (Å²) in [4.78, 5) is 8.54. The first kappa shape index (κ1) is 12.6. The van der Waals surface area contributed by atoms with Gasteiger partial charge in [-0.15, -0.1) is 0 Å². The molecule has 5 heteroatoms. The van der Waals surface area contributed by atoms with Gasteiger partial charge in [-0.05, 0) is 18.6 Å². The van der Waals surface area contributed by atoms with E-state index in [0.29, 0.717) is 10.8 Å². The standard InChI is InChI=1S/C13H15ClN4/c1-2-7-16-12-8-15-9-13(18-12)17-11-6-4-3-5-10(11)14/h3-6,8-9H,2,7H2,1H3,(H2,16,17,18). The molecule has 0 atom stereocenters. The quantitative estimate of drug-likeness (QED) is 0.863. The summed E-state index contributed by atoms with van der Waals surface area (Å²) in [5.41, 5.74) is 0.820. The average Bonchev–Trinajstić information content (AvgIpc) is 2.40. The lowest BCUT2D eigenvalue weighted by molar-refractivity contribution is 0.965. The molecule has 2 aromatic rings. The van der Waals surface area contributed by atoms with Gasteiger partial charge in [0.2, 0.25) is 0 Å². The molecule has 0 radical (unpaired) electrons. The van der Waals surface area contributed by atoms with Crippen LogP contribution >= 0.6 is 11.6 Å². The van der Waals surface area contributed by atoms with E-state index >= 15 is 0 Å². The van der Waals surface area contributed by atoms with Crippen LogP contribution in [0.15, 0.2) is 36.7 Å². The molecule has 1 aromatic heterocycles. The number of aromatic nitrogens is 2. The molecule has 0 spiro atoms. The molecular weight excluding hydrogens is 248 g/mol. The van der Waals surface area contributed by atoms with Crippen LogP contribution in [-0.2, 0) is 0 Å². The van der Waals surface area contributed by atoms with Crippen molar-refractivity contribution in [1.82, 2.24) is 9.97 Å². The lowest BCUT2D eigenvalue weighted by Crippen LogP contribution is -2.04. The van der Waals surface area contributed by atoms with Crippen LogP contribution in [0.3, 0.4) is 0 Å². The lowest BCUT2D eigenvalue weighted by Gasteiger charge is -2.09. The number of hydrogen-bond acceptors (Lipinski definition) is 4. The molecule has 0 aliphatic heterocycles. The fraction of sp³-hybridized carbons (Fsp3) is 0.231. The Bertz CT molecular complexity index is 516. The van der Waals surface area contributed by atoms with Crippen LogP contribution in [0.2, 0.25) is 5.02 Å². The Labute approximate surface area is 111 Å². The van der Waals surface area contributed by atoms with Crippen molar-refractivity contribution in [3.8, 4) is 0 Å². The average molecular weight is 263 g/mol. The summed E-state index contributed by atoms with van der Waals surface area (Å²) in [6.45, 7) is 2.98. The van der Waals surface area contributed by atoms with E-state index in [0.717, 1.165) is 24.5 Å². The van der Waals surface area contributed by atoms with Gasteiger partial charge in [-0.2, -0.15) is 0 Å². The van der Waals surface area contributed by atoms with E-state index in [1.54, 1.807) is 12.4 Å². The van der Waals surface area contributed by atoms with Crippen molar-refractivity contribution in [2.45, 2.75) is 13.3 Å². The minimum atomic E-state index is 0.659. The second-order valence-corrected chi connectivity index (χ2v) is 4.23. The zero-order valence-electron chi connectivity index (χ0n) is 10.2. The highest BCUT2D eigenvalue weighted by molar-refractivity contribution is 6.33. The highest BCUT2D eigenvalue weighted by atomic mass is 35.5. The SMILES string of the molecule is CCCNc1cncc(Nc2ccccc2Cl)n1. The molecule has 4 nitrogen and oxygen atoms in total. The molecule has 0 bridgehead atoms. The zero-order valence-corrected chi connectivity index (χ0v) is 10.9. The largest absolute Gasteiger partial charge is 0.369 e. The summed E-state index contributed by atoms with van der Waals surface area (Å²) in [6.07, 6.45) is 4.41. The number of nitrogens with zero attached hydrogens (tertiary/aromatic N) is 2. The fourth-order valence-corrected chi connectivity index (χ4v) is 1.65.